The topological polar surface area (TPSA) is 74.6 Å². The summed E-state index contributed by atoms with van der Waals surface area (Å²) in [5.74, 6) is -2.96. The second-order valence-electron chi connectivity index (χ2n) is 2.97. The Morgan fingerprint density at radius 3 is 2.57 bits per heavy atom. The first-order chi connectivity index (χ1) is 6.59. The van der Waals surface area contributed by atoms with Gasteiger partial charge in [0.1, 0.15) is 0 Å². The number of rotatable bonds is 5. The molecule has 4 nitrogen and oxygen atoms in total. The van der Waals surface area contributed by atoms with Crippen LogP contribution in [0.25, 0.3) is 0 Å². The van der Waals surface area contributed by atoms with Gasteiger partial charge in [-0.2, -0.15) is 11.3 Å². The molecule has 0 amide bonds. The summed E-state index contributed by atoms with van der Waals surface area (Å²) in [4.78, 5) is 21.1. The van der Waals surface area contributed by atoms with Gasteiger partial charge < -0.3 is 10.2 Å². The van der Waals surface area contributed by atoms with Crippen molar-refractivity contribution in [3.8, 4) is 0 Å². The maximum absolute atomic E-state index is 10.7. The molecule has 0 bridgehead atoms. The second-order valence-corrected chi connectivity index (χ2v) is 3.75. The van der Waals surface area contributed by atoms with E-state index in [9.17, 15) is 9.59 Å². The van der Waals surface area contributed by atoms with Crippen LogP contribution in [0.15, 0.2) is 16.8 Å². The smallest absolute Gasteiger partial charge is 0.307 e. The molecule has 0 radical (unpaired) electrons. The number of thiophene rings is 1. The van der Waals surface area contributed by atoms with Gasteiger partial charge in [-0.3, -0.25) is 9.59 Å². The SMILES string of the molecule is O=C(O)C[C@H](Cc1ccsc1)C(=O)O. The Balaban J connectivity index is 2.60. The second kappa shape index (κ2) is 4.76. The van der Waals surface area contributed by atoms with Crippen LogP contribution in [-0.2, 0) is 16.0 Å². The van der Waals surface area contributed by atoms with E-state index in [-0.39, 0.29) is 12.8 Å². The molecular weight excluding hydrogens is 204 g/mol. The standard InChI is InChI=1S/C9H10O4S/c10-8(11)4-7(9(12)13)3-6-1-2-14-5-6/h1-2,5,7H,3-4H2,(H,10,11)(H,12,13)/t7-/m0/s1. The Labute approximate surface area is 84.8 Å². The third-order valence-electron chi connectivity index (χ3n) is 1.83. The fourth-order valence-corrected chi connectivity index (χ4v) is 1.83. The molecule has 0 saturated heterocycles. The molecule has 0 aliphatic heterocycles. The zero-order chi connectivity index (χ0) is 10.6. The van der Waals surface area contributed by atoms with E-state index in [4.69, 9.17) is 10.2 Å². The minimum Gasteiger partial charge on any atom is -0.481 e. The fourth-order valence-electron chi connectivity index (χ4n) is 1.15. The predicted octanol–water partition coefficient (Wildman–Crippen LogP) is 1.47. The maximum atomic E-state index is 10.7. The Hall–Kier alpha value is -1.36. The zero-order valence-electron chi connectivity index (χ0n) is 7.34. The summed E-state index contributed by atoms with van der Waals surface area (Å²) in [7, 11) is 0. The average molecular weight is 214 g/mol. The number of carboxylic acids is 2. The van der Waals surface area contributed by atoms with Crippen LogP contribution in [-0.4, -0.2) is 22.2 Å². The van der Waals surface area contributed by atoms with E-state index in [2.05, 4.69) is 0 Å². The normalized spacial score (nSPS) is 12.3. The van der Waals surface area contributed by atoms with Crippen LogP contribution in [0.2, 0.25) is 0 Å². The van der Waals surface area contributed by atoms with Gasteiger partial charge in [0.05, 0.1) is 12.3 Å². The lowest BCUT2D eigenvalue weighted by Gasteiger charge is -2.07. The van der Waals surface area contributed by atoms with Crippen molar-refractivity contribution in [2.24, 2.45) is 5.92 Å². The Morgan fingerprint density at radius 1 is 1.43 bits per heavy atom. The molecule has 0 aliphatic rings. The van der Waals surface area contributed by atoms with Gasteiger partial charge in [0.2, 0.25) is 0 Å². The van der Waals surface area contributed by atoms with Crippen LogP contribution in [0.3, 0.4) is 0 Å². The van der Waals surface area contributed by atoms with E-state index < -0.39 is 17.9 Å². The van der Waals surface area contributed by atoms with Gasteiger partial charge in [-0.05, 0) is 28.8 Å². The number of aliphatic carboxylic acids is 2. The number of carbonyl (C=O) groups is 2. The first-order valence-electron chi connectivity index (χ1n) is 4.05. The molecule has 1 aromatic rings. The van der Waals surface area contributed by atoms with Crippen LogP contribution >= 0.6 is 11.3 Å². The van der Waals surface area contributed by atoms with E-state index in [0.29, 0.717) is 0 Å². The number of hydrogen-bond donors (Lipinski definition) is 2. The molecule has 0 spiro atoms. The van der Waals surface area contributed by atoms with Crippen molar-refractivity contribution in [3.63, 3.8) is 0 Å². The summed E-state index contributed by atoms with van der Waals surface area (Å²) in [6.07, 6.45) is -0.0453. The molecule has 0 saturated carbocycles. The molecule has 0 aromatic carbocycles. The van der Waals surface area contributed by atoms with Crippen molar-refractivity contribution in [3.05, 3.63) is 22.4 Å². The van der Waals surface area contributed by atoms with E-state index in [0.717, 1.165) is 5.56 Å². The van der Waals surface area contributed by atoms with Gasteiger partial charge in [0, 0.05) is 0 Å². The lowest BCUT2D eigenvalue weighted by atomic mass is 9.98. The molecule has 1 rings (SSSR count). The monoisotopic (exact) mass is 214 g/mol. The summed E-state index contributed by atoms with van der Waals surface area (Å²) in [6, 6.07) is 1.81. The van der Waals surface area contributed by atoms with Crippen LogP contribution < -0.4 is 0 Å². The molecule has 0 aliphatic carbocycles. The van der Waals surface area contributed by atoms with E-state index >= 15 is 0 Å². The van der Waals surface area contributed by atoms with Crippen molar-refractivity contribution in [2.45, 2.75) is 12.8 Å². The molecule has 5 heteroatoms. The van der Waals surface area contributed by atoms with Crippen LogP contribution in [0.5, 0.6) is 0 Å². The van der Waals surface area contributed by atoms with Crippen LogP contribution in [0.1, 0.15) is 12.0 Å². The van der Waals surface area contributed by atoms with Crippen molar-refractivity contribution in [1.82, 2.24) is 0 Å². The predicted molar refractivity (Wildman–Crippen MR) is 51.4 cm³/mol. The summed E-state index contributed by atoms with van der Waals surface area (Å²) in [5.41, 5.74) is 0.878. The van der Waals surface area contributed by atoms with Crippen molar-refractivity contribution >= 4 is 23.3 Å². The Morgan fingerprint density at radius 2 is 2.14 bits per heavy atom. The summed E-state index contributed by atoms with van der Waals surface area (Å²) < 4.78 is 0. The quantitative estimate of drug-likeness (QED) is 0.778. The lowest BCUT2D eigenvalue weighted by Crippen LogP contribution is -2.19. The average Bonchev–Trinajstić information content (AvgIpc) is 2.54. The lowest BCUT2D eigenvalue weighted by molar-refractivity contribution is -0.148. The number of hydrogen-bond acceptors (Lipinski definition) is 3. The van der Waals surface area contributed by atoms with E-state index in [1.165, 1.54) is 11.3 Å². The Bertz CT molecular complexity index is 318. The highest BCUT2D eigenvalue weighted by atomic mass is 32.1. The molecular formula is C9H10O4S. The van der Waals surface area contributed by atoms with E-state index in [1.54, 1.807) is 0 Å². The van der Waals surface area contributed by atoms with Gasteiger partial charge in [0.25, 0.3) is 0 Å². The molecule has 14 heavy (non-hydrogen) atoms. The largest absolute Gasteiger partial charge is 0.481 e. The molecule has 1 heterocycles. The van der Waals surface area contributed by atoms with Gasteiger partial charge in [0.15, 0.2) is 0 Å². The Kier molecular flexibility index (Phi) is 3.64. The highest BCUT2D eigenvalue weighted by Gasteiger charge is 2.21. The zero-order valence-corrected chi connectivity index (χ0v) is 8.16. The van der Waals surface area contributed by atoms with Crippen LogP contribution in [0, 0.1) is 5.92 Å². The van der Waals surface area contributed by atoms with Gasteiger partial charge in [-0.1, -0.05) is 0 Å². The fraction of sp³-hybridized carbons (Fsp3) is 0.333. The van der Waals surface area contributed by atoms with Gasteiger partial charge in [-0.25, -0.2) is 0 Å². The molecule has 2 N–H and O–H groups in total. The van der Waals surface area contributed by atoms with Crippen molar-refractivity contribution in [1.29, 1.82) is 0 Å². The van der Waals surface area contributed by atoms with Crippen LogP contribution in [0.4, 0.5) is 0 Å². The van der Waals surface area contributed by atoms with Gasteiger partial charge >= 0.3 is 11.9 Å². The van der Waals surface area contributed by atoms with Gasteiger partial charge in [-0.15, -0.1) is 0 Å². The van der Waals surface area contributed by atoms with Crippen molar-refractivity contribution < 1.29 is 19.8 Å². The third-order valence-corrected chi connectivity index (χ3v) is 2.56. The molecule has 0 unspecified atom stereocenters. The molecule has 0 fully saturated rings. The molecule has 1 atom stereocenters. The maximum Gasteiger partial charge on any atom is 0.307 e. The summed E-state index contributed by atoms with van der Waals surface area (Å²) in [5, 5.41) is 20.9. The van der Waals surface area contributed by atoms with E-state index in [1.807, 2.05) is 16.8 Å². The molecule has 76 valence electrons. The minimum atomic E-state index is -1.08. The summed E-state index contributed by atoms with van der Waals surface area (Å²) >= 11 is 1.47. The molecule has 1 aromatic heterocycles. The number of carboxylic acid groups (broad SMARTS) is 2. The first-order valence-corrected chi connectivity index (χ1v) is 4.99. The van der Waals surface area contributed by atoms with Crippen molar-refractivity contribution in [2.75, 3.05) is 0 Å². The first kappa shape index (κ1) is 10.7. The minimum absolute atomic E-state index is 0.283. The highest BCUT2D eigenvalue weighted by molar-refractivity contribution is 7.07. The third kappa shape index (κ3) is 3.18. The summed E-state index contributed by atoms with van der Waals surface area (Å²) in [6.45, 7) is 0. The highest BCUT2D eigenvalue weighted by Crippen LogP contribution is 2.15.